The molecule has 2 unspecified atom stereocenters. The third-order valence-electron chi connectivity index (χ3n) is 4.84. The number of hydrogen-bond donors (Lipinski definition) is 2. The maximum atomic E-state index is 12.8. The van der Waals surface area contributed by atoms with Crippen molar-refractivity contribution in [3.63, 3.8) is 0 Å². The van der Waals surface area contributed by atoms with E-state index in [9.17, 15) is 14.4 Å². The second kappa shape index (κ2) is 6.38. The first kappa shape index (κ1) is 17.5. The van der Waals surface area contributed by atoms with Gasteiger partial charge in [-0.3, -0.25) is 9.59 Å². The molecule has 2 aliphatic rings. The van der Waals surface area contributed by atoms with E-state index in [0.29, 0.717) is 23.5 Å². The number of carboxylic acid groups (broad SMARTS) is 1. The van der Waals surface area contributed by atoms with Gasteiger partial charge >= 0.3 is 5.97 Å². The average Bonchev–Trinajstić information content (AvgIpc) is 3.31. The number of aromatic carboxylic acids is 1. The molecule has 2 saturated heterocycles. The molecular weight excluding hydrogens is 370 g/mol. The molecule has 2 aliphatic heterocycles. The highest BCUT2D eigenvalue weighted by molar-refractivity contribution is 8.01. The van der Waals surface area contributed by atoms with Gasteiger partial charge in [-0.05, 0) is 31.5 Å². The Hall–Kier alpha value is -2.88. The molecule has 0 aliphatic carbocycles. The Labute approximate surface area is 158 Å². The van der Waals surface area contributed by atoms with Gasteiger partial charge in [0.2, 0.25) is 11.8 Å². The zero-order valence-corrected chi connectivity index (χ0v) is 15.3. The van der Waals surface area contributed by atoms with Crippen LogP contribution in [0.1, 0.15) is 30.3 Å². The molecule has 2 aromatic rings. The molecule has 0 radical (unpaired) electrons. The smallest absolute Gasteiger partial charge is 0.358 e. The first-order valence-corrected chi connectivity index (χ1v) is 9.39. The fourth-order valence-electron chi connectivity index (χ4n) is 3.45. The first-order valence-electron chi connectivity index (χ1n) is 8.40. The van der Waals surface area contributed by atoms with Gasteiger partial charge in [0.15, 0.2) is 5.69 Å². The predicted octanol–water partition coefficient (Wildman–Crippen LogP) is 1.36. The lowest BCUT2D eigenvalue weighted by Crippen LogP contribution is -2.48. The minimum absolute atomic E-state index is 0.0141. The number of rotatable bonds is 4. The van der Waals surface area contributed by atoms with E-state index < -0.39 is 12.0 Å². The van der Waals surface area contributed by atoms with Crippen LogP contribution < -0.4 is 5.32 Å². The van der Waals surface area contributed by atoms with Crippen LogP contribution in [0.5, 0.6) is 0 Å². The SMILES string of the molecule is CC12CCC(=O)N1C(C(=O)Nc1cccc(-n3cc(C(=O)O)nn3)c1)CS2. The van der Waals surface area contributed by atoms with Gasteiger partial charge in [-0.1, -0.05) is 11.3 Å². The van der Waals surface area contributed by atoms with Gasteiger partial charge in [0.05, 0.1) is 16.8 Å². The van der Waals surface area contributed by atoms with Crippen molar-refractivity contribution in [3.05, 3.63) is 36.2 Å². The van der Waals surface area contributed by atoms with Gasteiger partial charge < -0.3 is 15.3 Å². The number of nitrogens with one attached hydrogen (secondary N) is 1. The average molecular weight is 387 g/mol. The fraction of sp³-hybridized carbons (Fsp3) is 0.353. The van der Waals surface area contributed by atoms with Crippen molar-refractivity contribution in [1.29, 1.82) is 0 Å². The monoisotopic (exact) mass is 387 g/mol. The van der Waals surface area contributed by atoms with Crippen LogP contribution in [0.4, 0.5) is 5.69 Å². The number of aromatic nitrogens is 3. The lowest BCUT2D eigenvalue weighted by atomic mass is 10.2. The quantitative estimate of drug-likeness (QED) is 0.813. The van der Waals surface area contributed by atoms with Gasteiger partial charge in [0, 0.05) is 17.9 Å². The molecule has 2 atom stereocenters. The van der Waals surface area contributed by atoms with E-state index in [-0.39, 0.29) is 22.4 Å². The summed E-state index contributed by atoms with van der Waals surface area (Å²) in [6.07, 6.45) is 2.53. The number of carbonyl (C=O) groups excluding carboxylic acids is 2. The Morgan fingerprint density at radius 3 is 2.96 bits per heavy atom. The summed E-state index contributed by atoms with van der Waals surface area (Å²) in [5.74, 6) is -0.815. The van der Waals surface area contributed by atoms with Crippen molar-refractivity contribution in [2.75, 3.05) is 11.1 Å². The highest BCUT2D eigenvalue weighted by atomic mass is 32.2. The van der Waals surface area contributed by atoms with Crippen LogP contribution >= 0.6 is 11.8 Å². The summed E-state index contributed by atoms with van der Waals surface area (Å²) in [7, 11) is 0. The summed E-state index contributed by atoms with van der Waals surface area (Å²) in [6.45, 7) is 2.00. The van der Waals surface area contributed by atoms with Crippen LogP contribution in [-0.2, 0) is 9.59 Å². The molecule has 0 saturated carbocycles. The number of nitrogens with zero attached hydrogens (tertiary/aromatic N) is 4. The van der Waals surface area contributed by atoms with E-state index in [0.717, 1.165) is 6.42 Å². The van der Waals surface area contributed by atoms with Gasteiger partial charge in [0.25, 0.3) is 0 Å². The third kappa shape index (κ3) is 3.05. The summed E-state index contributed by atoms with van der Waals surface area (Å²) in [5.41, 5.74) is 0.935. The van der Waals surface area contributed by atoms with Crippen LogP contribution in [0.15, 0.2) is 30.5 Å². The molecule has 9 nitrogen and oxygen atoms in total. The summed E-state index contributed by atoms with van der Waals surface area (Å²) >= 11 is 1.64. The van der Waals surface area contributed by atoms with Crippen LogP contribution in [0.2, 0.25) is 0 Å². The van der Waals surface area contributed by atoms with E-state index in [1.54, 1.807) is 40.9 Å². The minimum Gasteiger partial charge on any atom is -0.476 e. The highest BCUT2D eigenvalue weighted by Gasteiger charge is 2.52. The summed E-state index contributed by atoms with van der Waals surface area (Å²) in [5, 5.41) is 19.2. The van der Waals surface area contributed by atoms with Crippen LogP contribution in [0.25, 0.3) is 5.69 Å². The summed E-state index contributed by atoms with van der Waals surface area (Å²) in [6, 6.07) is 6.35. The molecule has 27 heavy (non-hydrogen) atoms. The maximum absolute atomic E-state index is 12.8. The molecule has 140 valence electrons. The van der Waals surface area contributed by atoms with Gasteiger partial charge in [0.1, 0.15) is 6.04 Å². The van der Waals surface area contributed by atoms with Gasteiger partial charge in [-0.15, -0.1) is 16.9 Å². The van der Waals surface area contributed by atoms with Crippen molar-refractivity contribution in [3.8, 4) is 5.69 Å². The van der Waals surface area contributed by atoms with E-state index in [1.165, 1.54) is 10.9 Å². The molecule has 2 fully saturated rings. The number of carboxylic acids is 1. The topological polar surface area (TPSA) is 117 Å². The third-order valence-corrected chi connectivity index (χ3v) is 6.34. The molecule has 3 heterocycles. The number of thioether (sulfide) groups is 1. The second-order valence-electron chi connectivity index (χ2n) is 6.66. The Kier molecular flexibility index (Phi) is 4.14. The van der Waals surface area contributed by atoms with Crippen molar-refractivity contribution in [2.45, 2.75) is 30.7 Å². The molecule has 0 spiro atoms. The summed E-state index contributed by atoms with van der Waals surface area (Å²) < 4.78 is 1.32. The largest absolute Gasteiger partial charge is 0.476 e. The fourth-order valence-corrected chi connectivity index (χ4v) is 4.89. The number of amides is 2. The number of anilines is 1. The standard InChI is InChI=1S/C17H17N5O4S/c1-17-6-5-14(23)22(17)13(9-27-17)15(24)18-10-3-2-4-11(7-10)21-8-12(16(25)26)19-20-21/h2-4,7-8,13H,5-6,9H2,1H3,(H,18,24)(H,25,26). The molecule has 1 aromatic heterocycles. The Morgan fingerprint density at radius 2 is 2.22 bits per heavy atom. The maximum Gasteiger partial charge on any atom is 0.358 e. The molecule has 2 N–H and O–H groups in total. The molecule has 0 bridgehead atoms. The molecule has 10 heteroatoms. The Balaban J connectivity index is 1.52. The first-order chi connectivity index (χ1) is 12.9. The molecule has 4 rings (SSSR count). The van der Waals surface area contributed by atoms with Crippen molar-refractivity contribution >= 4 is 35.2 Å². The zero-order valence-electron chi connectivity index (χ0n) is 14.5. The van der Waals surface area contributed by atoms with Crippen LogP contribution in [0.3, 0.4) is 0 Å². The lowest BCUT2D eigenvalue weighted by molar-refractivity contribution is -0.135. The van der Waals surface area contributed by atoms with E-state index in [4.69, 9.17) is 5.11 Å². The van der Waals surface area contributed by atoms with Crippen molar-refractivity contribution in [2.24, 2.45) is 0 Å². The van der Waals surface area contributed by atoms with Crippen molar-refractivity contribution in [1.82, 2.24) is 19.9 Å². The lowest BCUT2D eigenvalue weighted by Gasteiger charge is -2.29. The van der Waals surface area contributed by atoms with Crippen LogP contribution in [0, 0.1) is 0 Å². The minimum atomic E-state index is -1.16. The molecule has 2 amide bonds. The number of benzene rings is 1. The van der Waals surface area contributed by atoms with Gasteiger partial charge in [-0.25, -0.2) is 9.48 Å². The van der Waals surface area contributed by atoms with Crippen molar-refractivity contribution < 1.29 is 19.5 Å². The molecular formula is C17H17N5O4S. The molecule has 1 aromatic carbocycles. The predicted molar refractivity (Wildman–Crippen MR) is 97.7 cm³/mol. The highest BCUT2D eigenvalue weighted by Crippen LogP contribution is 2.47. The normalized spacial score (nSPS) is 24.1. The number of hydrogen-bond acceptors (Lipinski definition) is 6. The van der Waals surface area contributed by atoms with Gasteiger partial charge in [-0.2, -0.15) is 0 Å². The second-order valence-corrected chi connectivity index (χ2v) is 8.16. The Morgan fingerprint density at radius 1 is 1.41 bits per heavy atom. The number of carbonyl (C=O) groups is 3. The zero-order chi connectivity index (χ0) is 19.2. The number of fused-ring (bicyclic) bond motifs is 1. The summed E-state index contributed by atoms with van der Waals surface area (Å²) in [4.78, 5) is 37.3. The van der Waals surface area contributed by atoms with Crippen LogP contribution in [-0.4, -0.2) is 59.4 Å². The van der Waals surface area contributed by atoms with E-state index in [1.807, 2.05) is 6.92 Å². The van der Waals surface area contributed by atoms with E-state index in [2.05, 4.69) is 15.6 Å². The van der Waals surface area contributed by atoms with E-state index >= 15 is 0 Å². The Bertz CT molecular complexity index is 945.